The number of nitriles is 1. The number of likely N-dealkylation sites (N-methyl/N-ethyl adjacent to an activating group) is 1. The van der Waals surface area contributed by atoms with Crippen molar-refractivity contribution in [3.63, 3.8) is 0 Å². The van der Waals surface area contributed by atoms with Gasteiger partial charge in [0.2, 0.25) is 5.91 Å². The van der Waals surface area contributed by atoms with Crippen molar-refractivity contribution >= 4 is 34.2 Å². The maximum atomic E-state index is 13.2. The fourth-order valence-corrected chi connectivity index (χ4v) is 3.76. The van der Waals surface area contributed by atoms with Gasteiger partial charge in [0.05, 0.1) is 17.6 Å². The van der Waals surface area contributed by atoms with E-state index in [4.69, 9.17) is 4.74 Å². The molecule has 0 aliphatic carbocycles. The molecule has 1 atom stereocenters. The monoisotopic (exact) mass is 471 g/mol. The van der Waals surface area contributed by atoms with Gasteiger partial charge in [-0.05, 0) is 53.8 Å². The molecular weight excluding hydrogens is 442 g/mol. The van der Waals surface area contributed by atoms with Crippen LogP contribution in [0.2, 0.25) is 0 Å². The number of ether oxygens (including phenoxy) is 1. The lowest BCUT2D eigenvalue weighted by Gasteiger charge is -2.17. The lowest BCUT2D eigenvalue weighted by molar-refractivity contribution is -0.151. The van der Waals surface area contributed by atoms with E-state index < -0.39 is 11.9 Å². The summed E-state index contributed by atoms with van der Waals surface area (Å²) in [5, 5.41) is 14.4. The first-order valence-corrected chi connectivity index (χ1v) is 11.5. The van der Waals surface area contributed by atoms with Crippen molar-refractivity contribution in [1.82, 2.24) is 4.90 Å². The Labute approximate surface area is 205 Å². The fourth-order valence-electron chi connectivity index (χ4n) is 3.76. The SMILES string of the molecule is CC(C(=O)Nc1cc(C#N)ccc1CCCC(=O)OCC(=O)N(C)C)c1cccc2ccccc12. The second-order valence-corrected chi connectivity index (χ2v) is 8.57. The van der Waals surface area contributed by atoms with Gasteiger partial charge in [-0.3, -0.25) is 14.4 Å². The van der Waals surface area contributed by atoms with Crippen LogP contribution in [-0.4, -0.2) is 43.4 Å². The molecule has 0 saturated heterocycles. The van der Waals surface area contributed by atoms with Crippen LogP contribution in [0.5, 0.6) is 0 Å². The molecule has 0 saturated carbocycles. The third-order valence-electron chi connectivity index (χ3n) is 5.86. The predicted molar refractivity (Wildman–Crippen MR) is 135 cm³/mol. The van der Waals surface area contributed by atoms with Gasteiger partial charge in [-0.1, -0.05) is 48.5 Å². The van der Waals surface area contributed by atoms with Crippen molar-refractivity contribution in [1.29, 1.82) is 5.26 Å². The van der Waals surface area contributed by atoms with E-state index in [2.05, 4.69) is 11.4 Å². The quantitative estimate of drug-likeness (QED) is 0.466. The number of rotatable bonds is 9. The van der Waals surface area contributed by atoms with Crippen LogP contribution in [0.1, 0.15) is 42.4 Å². The lowest BCUT2D eigenvalue weighted by atomic mass is 9.94. The summed E-state index contributed by atoms with van der Waals surface area (Å²) in [5.74, 6) is -1.33. The molecule has 3 aromatic rings. The Bertz CT molecular complexity index is 1270. The number of fused-ring (bicyclic) bond motifs is 1. The molecule has 7 nitrogen and oxygen atoms in total. The molecule has 2 amide bonds. The molecule has 0 fully saturated rings. The Balaban J connectivity index is 1.68. The highest BCUT2D eigenvalue weighted by atomic mass is 16.5. The molecule has 35 heavy (non-hydrogen) atoms. The van der Waals surface area contributed by atoms with Crippen molar-refractivity contribution in [2.45, 2.75) is 32.1 Å². The summed E-state index contributed by atoms with van der Waals surface area (Å²) < 4.78 is 5.01. The Morgan fingerprint density at radius 2 is 1.80 bits per heavy atom. The summed E-state index contributed by atoms with van der Waals surface area (Å²) in [4.78, 5) is 38.1. The Kier molecular flexibility index (Phi) is 8.58. The maximum Gasteiger partial charge on any atom is 0.306 e. The molecule has 3 rings (SSSR count). The van der Waals surface area contributed by atoms with E-state index in [-0.39, 0.29) is 24.8 Å². The van der Waals surface area contributed by atoms with Crippen LogP contribution in [0.25, 0.3) is 10.8 Å². The van der Waals surface area contributed by atoms with Crippen molar-refractivity contribution in [2.24, 2.45) is 0 Å². The zero-order valence-corrected chi connectivity index (χ0v) is 20.2. The Morgan fingerprint density at radius 3 is 2.54 bits per heavy atom. The number of carbonyl (C=O) groups excluding carboxylic acids is 3. The van der Waals surface area contributed by atoms with Crippen LogP contribution in [0.15, 0.2) is 60.7 Å². The van der Waals surface area contributed by atoms with Crippen LogP contribution in [-0.2, 0) is 25.5 Å². The number of hydrogen-bond acceptors (Lipinski definition) is 5. The smallest absolute Gasteiger partial charge is 0.306 e. The van der Waals surface area contributed by atoms with E-state index in [0.29, 0.717) is 24.1 Å². The summed E-state index contributed by atoms with van der Waals surface area (Å²) in [6.07, 6.45) is 1.11. The second-order valence-electron chi connectivity index (χ2n) is 8.57. The van der Waals surface area contributed by atoms with Gasteiger partial charge < -0.3 is 15.0 Å². The van der Waals surface area contributed by atoms with Crippen LogP contribution < -0.4 is 5.32 Å². The summed E-state index contributed by atoms with van der Waals surface area (Å²) in [7, 11) is 3.19. The first-order chi connectivity index (χ1) is 16.8. The molecule has 0 aliphatic heterocycles. The highest BCUT2D eigenvalue weighted by molar-refractivity contribution is 5.99. The number of benzene rings is 3. The van der Waals surface area contributed by atoms with Crippen molar-refractivity contribution in [2.75, 3.05) is 26.0 Å². The topological polar surface area (TPSA) is 99.5 Å². The maximum absolute atomic E-state index is 13.2. The number of aryl methyl sites for hydroxylation is 1. The molecule has 1 unspecified atom stereocenters. The molecule has 0 bridgehead atoms. The molecule has 0 aliphatic rings. The van der Waals surface area contributed by atoms with Gasteiger partial charge in [-0.15, -0.1) is 0 Å². The van der Waals surface area contributed by atoms with Gasteiger partial charge in [-0.25, -0.2) is 0 Å². The molecule has 180 valence electrons. The van der Waals surface area contributed by atoms with Crippen LogP contribution in [0.4, 0.5) is 5.69 Å². The zero-order chi connectivity index (χ0) is 25.4. The van der Waals surface area contributed by atoms with E-state index in [9.17, 15) is 19.6 Å². The third-order valence-corrected chi connectivity index (χ3v) is 5.86. The Hall–Kier alpha value is -4.18. The van der Waals surface area contributed by atoms with E-state index in [0.717, 1.165) is 21.9 Å². The van der Waals surface area contributed by atoms with E-state index in [1.807, 2.05) is 49.4 Å². The highest BCUT2D eigenvalue weighted by Gasteiger charge is 2.19. The Morgan fingerprint density at radius 1 is 1.06 bits per heavy atom. The van der Waals surface area contributed by atoms with Crippen LogP contribution >= 0.6 is 0 Å². The average molecular weight is 472 g/mol. The van der Waals surface area contributed by atoms with Gasteiger partial charge in [0.25, 0.3) is 5.91 Å². The standard InChI is InChI=1S/C28H29N3O4/c1-19(23-12-6-9-21-8-4-5-11-24(21)23)28(34)30-25-16-20(17-29)14-15-22(25)10-7-13-27(33)35-18-26(32)31(2)3/h4-6,8-9,11-12,14-16,19H,7,10,13,18H2,1-3H3,(H,30,34). The molecule has 0 aromatic heterocycles. The predicted octanol–water partition coefficient (Wildman–Crippen LogP) is 4.41. The summed E-state index contributed by atoms with van der Waals surface area (Å²) in [6.45, 7) is 1.58. The summed E-state index contributed by atoms with van der Waals surface area (Å²) >= 11 is 0. The van der Waals surface area contributed by atoms with Crippen molar-refractivity contribution in [3.8, 4) is 6.07 Å². The molecule has 0 radical (unpaired) electrons. The normalized spacial score (nSPS) is 11.4. The first-order valence-electron chi connectivity index (χ1n) is 11.5. The van der Waals surface area contributed by atoms with E-state index >= 15 is 0 Å². The number of esters is 1. The summed E-state index contributed by atoms with van der Waals surface area (Å²) in [6, 6.07) is 21.1. The summed E-state index contributed by atoms with van der Waals surface area (Å²) in [5.41, 5.74) is 2.73. The minimum atomic E-state index is -0.455. The molecule has 0 heterocycles. The molecule has 7 heteroatoms. The minimum Gasteiger partial charge on any atom is -0.456 e. The number of nitrogens with zero attached hydrogens (tertiary/aromatic N) is 2. The van der Waals surface area contributed by atoms with Gasteiger partial charge in [-0.2, -0.15) is 5.26 Å². The van der Waals surface area contributed by atoms with E-state index in [1.54, 1.807) is 32.3 Å². The number of amides is 2. The van der Waals surface area contributed by atoms with Crippen LogP contribution in [0, 0.1) is 11.3 Å². The van der Waals surface area contributed by atoms with E-state index in [1.165, 1.54) is 4.90 Å². The average Bonchev–Trinajstić information content (AvgIpc) is 2.87. The number of hydrogen-bond donors (Lipinski definition) is 1. The van der Waals surface area contributed by atoms with Crippen molar-refractivity contribution in [3.05, 3.63) is 77.4 Å². The van der Waals surface area contributed by atoms with Gasteiger partial charge in [0, 0.05) is 26.2 Å². The first kappa shape index (κ1) is 25.4. The number of anilines is 1. The number of carbonyl (C=O) groups is 3. The fraction of sp³-hybridized carbons (Fsp3) is 0.286. The zero-order valence-electron chi connectivity index (χ0n) is 20.2. The lowest BCUT2D eigenvalue weighted by Crippen LogP contribution is -2.27. The molecule has 0 spiro atoms. The molecular formula is C28H29N3O4. The minimum absolute atomic E-state index is 0.139. The van der Waals surface area contributed by atoms with Crippen molar-refractivity contribution < 1.29 is 19.1 Å². The largest absolute Gasteiger partial charge is 0.456 e. The van der Waals surface area contributed by atoms with Crippen LogP contribution in [0.3, 0.4) is 0 Å². The third kappa shape index (κ3) is 6.67. The second kappa shape index (κ2) is 11.8. The molecule has 1 N–H and O–H groups in total. The van der Waals surface area contributed by atoms with Gasteiger partial charge in [0.15, 0.2) is 6.61 Å². The van der Waals surface area contributed by atoms with Gasteiger partial charge >= 0.3 is 5.97 Å². The number of nitrogens with one attached hydrogen (secondary N) is 1. The highest BCUT2D eigenvalue weighted by Crippen LogP contribution is 2.28. The molecule has 3 aromatic carbocycles. The van der Waals surface area contributed by atoms with Gasteiger partial charge in [0.1, 0.15) is 0 Å².